The molecule has 0 aliphatic carbocycles. The van der Waals surface area contributed by atoms with E-state index in [-0.39, 0.29) is 30.3 Å². The smallest absolute Gasteiger partial charge is 0.157 e. The van der Waals surface area contributed by atoms with Crippen LogP contribution in [-0.2, 0) is 11.2 Å². The van der Waals surface area contributed by atoms with Gasteiger partial charge in [0.2, 0.25) is 0 Å². The molecule has 6 nitrogen and oxygen atoms in total. The molecule has 2 aromatic rings. The van der Waals surface area contributed by atoms with E-state index in [0.29, 0.717) is 16.9 Å². The Labute approximate surface area is 133 Å². The Morgan fingerprint density at radius 2 is 1.91 bits per heavy atom. The third-order valence-corrected chi connectivity index (χ3v) is 4.21. The van der Waals surface area contributed by atoms with Crippen LogP contribution in [0, 0.1) is 0 Å². The van der Waals surface area contributed by atoms with Crippen LogP contribution in [0.15, 0.2) is 36.4 Å². The van der Waals surface area contributed by atoms with Crippen LogP contribution < -0.4 is 4.74 Å². The van der Waals surface area contributed by atoms with Crippen LogP contribution in [0.4, 0.5) is 0 Å². The topological polar surface area (TPSA) is 99.4 Å². The Morgan fingerprint density at radius 1 is 1.13 bits per heavy atom. The van der Waals surface area contributed by atoms with E-state index in [4.69, 9.17) is 9.47 Å². The molecule has 1 aliphatic heterocycles. The summed E-state index contributed by atoms with van der Waals surface area (Å²) in [5, 5.41) is 39.3. The largest absolute Gasteiger partial charge is 0.508 e. The van der Waals surface area contributed by atoms with Gasteiger partial charge >= 0.3 is 0 Å². The van der Waals surface area contributed by atoms with Gasteiger partial charge in [0.05, 0.1) is 0 Å². The van der Waals surface area contributed by atoms with Crippen molar-refractivity contribution in [3.63, 3.8) is 0 Å². The molecule has 3 rings (SSSR count). The summed E-state index contributed by atoms with van der Waals surface area (Å²) in [7, 11) is 1.48. The van der Waals surface area contributed by atoms with Gasteiger partial charge in [-0.15, -0.1) is 0 Å². The lowest BCUT2D eigenvalue weighted by atomic mass is 9.83. The van der Waals surface area contributed by atoms with Crippen LogP contribution in [0.2, 0.25) is 0 Å². The zero-order valence-electron chi connectivity index (χ0n) is 12.6. The number of aliphatic hydroxyl groups is 1. The van der Waals surface area contributed by atoms with E-state index in [1.165, 1.54) is 31.4 Å². The van der Waals surface area contributed by atoms with Gasteiger partial charge in [-0.2, -0.15) is 0 Å². The molecule has 4 N–H and O–H groups in total. The minimum atomic E-state index is -1.03. The average Bonchev–Trinajstić information content (AvgIpc) is 2.54. The first kappa shape index (κ1) is 15.5. The van der Waals surface area contributed by atoms with Gasteiger partial charge < -0.3 is 29.9 Å². The molecule has 0 aromatic heterocycles. The molecular formula is C17H18O6. The number of aliphatic hydroxyl groups excluding tert-OH is 1. The Hall–Kier alpha value is -2.44. The molecule has 0 radical (unpaired) electrons. The highest BCUT2D eigenvalue weighted by molar-refractivity contribution is 5.45. The molecule has 2 unspecified atom stereocenters. The summed E-state index contributed by atoms with van der Waals surface area (Å²) < 4.78 is 11.2. The van der Waals surface area contributed by atoms with Gasteiger partial charge in [-0.05, 0) is 29.8 Å². The van der Waals surface area contributed by atoms with Crippen LogP contribution in [0.1, 0.15) is 17.2 Å². The molecule has 6 heteroatoms. The van der Waals surface area contributed by atoms with Crippen molar-refractivity contribution in [2.75, 3.05) is 13.7 Å². The van der Waals surface area contributed by atoms with Crippen molar-refractivity contribution in [3.05, 3.63) is 47.5 Å². The van der Waals surface area contributed by atoms with E-state index >= 15 is 0 Å². The predicted octanol–water partition coefficient (Wildman–Crippen LogP) is 1.86. The Balaban J connectivity index is 1.94. The van der Waals surface area contributed by atoms with Crippen molar-refractivity contribution in [2.45, 2.75) is 18.1 Å². The number of methoxy groups -OCH3 is 1. The van der Waals surface area contributed by atoms with Crippen molar-refractivity contribution in [1.82, 2.24) is 0 Å². The number of fused-ring (bicyclic) bond motifs is 1. The molecule has 1 aliphatic rings. The van der Waals surface area contributed by atoms with Gasteiger partial charge in [0.25, 0.3) is 0 Å². The monoisotopic (exact) mass is 318 g/mol. The van der Waals surface area contributed by atoms with Crippen LogP contribution in [0.25, 0.3) is 0 Å². The molecule has 0 saturated carbocycles. The minimum Gasteiger partial charge on any atom is -0.508 e. The van der Waals surface area contributed by atoms with Crippen molar-refractivity contribution < 1.29 is 29.9 Å². The van der Waals surface area contributed by atoms with E-state index < -0.39 is 11.7 Å². The molecule has 2 atom stereocenters. The Morgan fingerprint density at radius 3 is 2.61 bits per heavy atom. The summed E-state index contributed by atoms with van der Waals surface area (Å²) >= 11 is 0. The molecule has 0 saturated heterocycles. The molecule has 1 heterocycles. The second kappa shape index (κ2) is 5.64. The molecule has 23 heavy (non-hydrogen) atoms. The third kappa shape index (κ3) is 2.67. The fraction of sp³-hybridized carbons (Fsp3) is 0.294. The van der Waals surface area contributed by atoms with Gasteiger partial charge in [0.1, 0.15) is 29.8 Å². The quantitative estimate of drug-likeness (QED) is 0.645. The average molecular weight is 318 g/mol. The zero-order chi connectivity index (χ0) is 16.6. The predicted molar refractivity (Wildman–Crippen MR) is 81.8 cm³/mol. The number of hydrogen-bond acceptors (Lipinski definition) is 6. The van der Waals surface area contributed by atoms with Crippen molar-refractivity contribution in [2.24, 2.45) is 0 Å². The minimum absolute atomic E-state index is 0.0596. The summed E-state index contributed by atoms with van der Waals surface area (Å²) in [5.74, 6) is 0.0369. The second-order valence-electron chi connectivity index (χ2n) is 5.68. The summed E-state index contributed by atoms with van der Waals surface area (Å²) in [5.41, 5.74) is 0.179. The highest BCUT2D eigenvalue weighted by atomic mass is 16.6. The van der Waals surface area contributed by atoms with E-state index in [2.05, 4.69) is 0 Å². The van der Waals surface area contributed by atoms with Crippen molar-refractivity contribution >= 4 is 0 Å². The number of phenolic OH excluding ortho intramolecular Hbond substituents is 3. The van der Waals surface area contributed by atoms with Crippen LogP contribution in [-0.4, -0.2) is 39.7 Å². The highest BCUT2D eigenvalue weighted by Gasteiger charge is 2.44. The lowest BCUT2D eigenvalue weighted by Crippen LogP contribution is -2.49. The Bertz CT molecular complexity index is 729. The van der Waals surface area contributed by atoms with Gasteiger partial charge in [-0.3, -0.25) is 0 Å². The van der Waals surface area contributed by atoms with Crippen LogP contribution in [0.3, 0.4) is 0 Å². The maximum Gasteiger partial charge on any atom is 0.157 e. The number of ether oxygens (including phenoxy) is 2. The van der Waals surface area contributed by atoms with Crippen LogP contribution in [0.5, 0.6) is 23.0 Å². The van der Waals surface area contributed by atoms with Crippen LogP contribution >= 0.6 is 0 Å². The number of benzene rings is 2. The standard InChI is InChI=1S/C17H18O6/c1-22-17(8-10-2-5-13(19)14(20)6-10)9-23-15-7-11(18)3-4-12(15)16(17)21/h2-7,16,18-21H,8-9H2,1H3. The van der Waals surface area contributed by atoms with Gasteiger partial charge in [-0.25, -0.2) is 0 Å². The molecule has 0 amide bonds. The first-order valence-electron chi connectivity index (χ1n) is 7.15. The maximum atomic E-state index is 10.7. The lowest BCUT2D eigenvalue weighted by molar-refractivity contribution is -0.137. The summed E-state index contributed by atoms with van der Waals surface area (Å²) in [6, 6.07) is 8.98. The molecular weight excluding hydrogens is 300 g/mol. The highest BCUT2D eigenvalue weighted by Crippen LogP contribution is 2.43. The summed E-state index contributed by atoms with van der Waals surface area (Å²) in [6.07, 6.45) is -0.688. The zero-order valence-corrected chi connectivity index (χ0v) is 12.6. The van der Waals surface area contributed by atoms with Gasteiger partial charge in [-0.1, -0.05) is 6.07 Å². The third-order valence-electron chi connectivity index (χ3n) is 4.21. The van der Waals surface area contributed by atoms with E-state index in [0.717, 1.165) is 0 Å². The SMILES string of the molecule is COC1(Cc2ccc(O)c(O)c2)COc2cc(O)ccc2C1O. The second-order valence-corrected chi connectivity index (χ2v) is 5.68. The molecule has 0 bridgehead atoms. The summed E-state index contributed by atoms with van der Waals surface area (Å²) in [6.45, 7) is 0.0861. The first-order chi connectivity index (χ1) is 10.9. The number of phenols is 3. The molecule has 0 spiro atoms. The maximum absolute atomic E-state index is 10.7. The molecule has 0 fully saturated rings. The Kier molecular flexibility index (Phi) is 3.79. The number of hydrogen-bond donors (Lipinski definition) is 4. The first-order valence-corrected chi connectivity index (χ1v) is 7.15. The summed E-state index contributed by atoms with van der Waals surface area (Å²) in [4.78, 5) is 0. The lowest BCUT2D eigenvalue weighted by Gasteiger charge is -2.41. The number of rotatable bonds is 3. The van der Waals surface area contributed by atoms with Crippen molar-refractivity contribution in [3.8, 4) is 23.0 Å². The number of aromatic hydroxyl groups is 3. The van der Waals surface area contributed by atoms with E-state index in [1.807, 2.05) is 0 Å². The van der Waals surface area contributed by atoms with Gasteiger partial charge in [0, 0.05) is 25.2 Å². The van der Waals surface area contributed by atoms with Crippen molar-refractivity contribution in [1.29, 1.82) is 0 Å². The molecule has 122 valence electrons. The van der Waals surface area contributed by atoms with E-state index in [9.17, 15) is 20.4 Å². The van der Waals surface area contributed by atoms with E-state index in [1.54, 1.807) is 12.1 Å². The fourth-order valence-corrected chi connectivity index (χ4v) is 2.85. The fourth-order valence-electron chi connectivity index (χ4n) is 2.85. The molecule has 2 aromatic carbocycles. The normalized spacial score (nSPS) is 23.1. The van der Waals surface area contributed by atoms with Gasteiger partial charge in [0.15, 0.2) is 11.5 Å².